The fraction of sp³-hybridized carbons (Fsp3) is 0.0345. The maximum absolute atomic E-state index is 13.2. The van der Waals surface area contributed by atoms with E-state index in [9.17, 15) is 10.1 Å². The first-order chi connectivity index (χ1) is 17.6. The number of carbonyl (C=O) groups is 1. The number of nitrogens with zero attached hydrogens (tertiary/aromatic N) is 3. The molecule has 0 bridgehead atoms. The normalized spacial score (nSPS) is 10.4. The zero-order valence-electron chi connectivity index (χ0n) is 19.3. The summed E-state index contributed by atoms with van der Waals surface area (Å²) in [6.07, 6.45) is 3.22. The Labute approximate surface area is 207 Å². The molecule has 1 amide bonds. The van der Waals surface area contributed by atoms with Gasteiger partial charge in [-0.25, -0.2) is 9.97 Å². The van der Waals surface area contributed by atoms with E-state index in [4.69, 9.17) is 9.15 Å². The number of aromatic nitrogens is 2. The van der Waals surface area contributed by atoms with E-state index in [1.54, 1.807) is 60.9 Å². The Hall–Kier alpha value is -5.22. The van der Waals surface area contributed by atoms with E-state index in [1.807, 2.05) is 43.3 Å². The van der Waals surface area contributed by atoms with Crippen LogP contribution in [-0.2, 0) is 0 Å². The zero-order chi connectivity index (χ0) is 24.9. The standard InChI is InChI=1S/C29H20N4O3/c1-19-16-22(35-28-21(17-30)10-7-15-31-28)13-14-25(19)33-27(34)23-11-5-6-12-24(23)29-32-18-26(36-29)20-8-3-2-4-9-20/h2-16,18H,1H3,(H,33,34). The highest BCUT2D eigenvalue weighted by Gasteiger charge is 2.18. The average Bonchev–Trinajstić information content (AvgIpc) is 3.41. The summed E-state index contributed by atoms with van der Waals surface area (Å²) >= 11 is 0. The van der Waals surface area contributed by atoms with Crippen LogP contribution >= 0.6 is 0 Å². The van der Waals surface area contributed by atoms with Gasteiger partial charge in [-0.3, -0.25) is 4.79 Å². The molecule has 0 spiro atoms. The summed E-state index contributed by atoms with van der Waals surface area (Å²) in [6.45, 7) is 1.86. The number of amides is 1. The number of pyridine rings is 1. The quantitative estimate of drug-likeness (QED) is 0.298. The number of nitriles is 1. The molecule has 0 saturated heterocycles. The highest BCUT2D eigenvalue weighted by Crippen LogP contribution is 2.30. The molecular formula is C29H20N4O3. The van der Waals surface area contributed by atoms with Crippen LogP contribution in [0.4, 0.5) is 5.69 Å². The van der Waals surface area contributed by atoms with Gasteiger partial charge in [0.15, 0.2) is 5.76 Å². The van der Waals surface area contributed by atoms with Gasteiger partial charge in [-0.15, -0.1) is 0 Å². The topological polar surface area (TPSA) is 101 Å². The largest absolute Gasteiger partial charge is 0.438 e. The second-order valence-electron chi connectivity index (χ2n) is 7.94. The predicted molar refractivity (Wildman–Crippen MR) is 136 cm³/mol. The van der Waals surface area contributed by atoms with Gasteiger partial charge in [0.25, 0.3) is 5.91 Å². The Morgan fingerprint density at radius 3 is 2.58 bits per heavy atom. The lowest BCUT2D eigenvalue weighted by molar-refractivity contribution is 0.102. The number of rotatable bonds is 6. The summed E-state index contributed by atoms with van der Waals surface area (Å²) in [6, 6.07) is 27.4. The van der Waals surface area contributed by atoms with Crippen molar-refractivity contribution in [2.45, 2.75) is 6.92 Å². The lowest BCUT2D eigenvalue weighted by atomic mass is 10.1. The summed E-state index contributed by atoms with van der Waals surface area (Å²) in [5.74, 6) is 1.43. The van der Waals surface area contributed by atoms with Gasteiger partial charge >= 0.3 is 0 Å². The lowest BCUT2D eigenvalue weighted by Gasteiger charge is -2.12. The van der Waals surface area contributed by atoms with Crippen LogP contribution in [0, 0.1) is 18.3 Å². The summed E-state index contributed by atoms with van der Waals surface area (Å²) in [5, 5.41) is 12.2. The third-order valence-corrected chi connectivity index (χ3v) is 5.52. The number of carbonyl (C=O) groups excluding carboxylic acids is 1. The van der Waals surface area contributed by atoms with E-state index in [-0.39, 0.29) is 11.8 Å². The van der Waals surface area contributed by atoms with E-state index < -0.39 is 0 Å². The van der Waals surface area contributed by atoms with E-state index in [2.05, 4.69) is 21.4 Å². The van der Waals surface area contributed by atoms with Gasteiger partial charge in [0.05, 0.1) is 11.8 Å². The molecule has 2 aromatic heterocycles. The minimum Gasteiger partial charge on any atom is -0.438 e. The molecule has 5 aromatic rings. The second kappa shape index (κ2) is 9.95. The van der Waals surface area contributed by atoms with Crippen LogP contribution in [0.15, 0.2) is 102 Å². The van der Waals surface area contributed by atoms with E-state index in [0.717, 1.165) is 11.1 Å². The van der Waals surface area contributed by atoms with Crippen molar-refractivity contribution in [1.29, 1.82) is 5.26 Å². The number of benzene rings is 3. The molecule has 0 unspecified atom stereocenters. The number of aryl methyl sites for hydroxylation is 1. The third-order valence-electron chi connectivity index (χ3n) is 5.52. The number of nitrogens with one attached hydrogen (secondary N) is 1. The van der Waals surface area contributed by atoms with Gasteiger partial charge in [0.2, 0.25) is 11.8 Å². The number of hydrogen-bond donors (Lipinski definition) is 1. The van der Waals surface area contributed by atoms with Crippen molar-refractivity contribution >= 4 is 11.6 Å². The maximum atomic E-state index is 13.2. The molecule has 174 valence electrons. The average molecular weight is 473 g/mol. The summed E-state index contributed by atoms with van der Waals surface area (Å²) in [7, 11) is 0. The Bertz CT molecular complexity index is 1590. The minimum absolute atomic E-state index is 0.228. The number of anilines is 1. The van der Waals surface area contributed by atoms with Gasteiger partial charge < -0.3 is 14.5 Å². The molecule has 0 aliphatic rings. The molecule has 0 aliphatic heterocycles. The Morgan fingerprint density at radius 2 is 1.78 bits per heavy atom. The van der Waals surface area contributed by atoms with Gasteiger partial charge in [-0.1, -0.05) is 42.5 Å². The van der Waals surface area contributed by atoms with Gasteiger partial charge in [-0.05, 0) is 55.0 Å². The van der Waals surface area contributed by atoms with Crippen molar-refractivity contribution in [1.82, 2.24) is 9.97 Å². The fourth-order valence-corrected chi connectivity index (χ4v) is 3.70. The molecule has 0 aliphatic carbocycles. The summed E-state index contributed by atoms with van der Waals surface area (Å²) in [5.41, 5.74) is 3.69. The van der Waals surface area contributed by atoms with Crippen molar-refractivity contribution in [3.8, 4) is 40.5 Å². The zero-order valence-corrected chi connectivity index (χ0v) is 19.3. The van der Waals surface area contributed by atoms with Crippen LogP contribution in [0.2, 0.25) is 0 Å². The lowest BCUT2D eigenvalue weighted by Crippen LogP contribution is -2.14. The van der Waals surface area contributed by atoms with E-state index in [1.165, 1.54) is 0 Å². The second-order valence-corrected chi connectivity index (χ2v) is 7.94. The highest BCUT2D eigenvalue weighted by molar-refractivity contribution is 6.08. The van der Waals surface area contributed by atoms with Crippen molar-refractivity contribution in [2.75, 3.05) is 5.32 Å². The van der Waals surface area contributed by atoms with Gasteiger partial charge in [0.1, 0.15) is 17.4 Å². The molecule has 5 rings (SSSR count). The van der Waals surface area contributed by atoms with Crippen LogP contribution in [-0.4, -0.2) is 15.9 Å². The SMILES string of the molecule is Cc1cc(Oc2ncccc2C#N)ccc1NC(=O)c1ccccc1-c1ncc(-c2ccccc2)o1. The molecule has 0 atom stereocenters. The number of oxazole rings is 1. The molecule has 7 nitrogen and oxygen atoms in total. The summed E-state index contributed by atoms with van der Waals surface area (Å²) in [4.78, 5) is 21.8. The van der Waals surface area contributed by atoms with Gasteiger partial charge in [-0.2, -0.15) is 5.26 Å². The van der Waals surface area contributed by atoms with Crippen molar-refractivity contribution < 1.29 is 13.9 Å². The first kappa shape index (κ1) is 22.6. The molecule has 2 heterocycles. The Balaban J connectivity index is 1.37. The van der Waals surface area contributed by atoms with Crippen molar-refractivity contribution in [2.24, 2.45) is 0 Å². The maximum Gasteiger partial charge on any atom is 0.256 e. The van der Waals surface area contributed by atoms with Crippen LogP contribution in [0.3, 0.4) is 0 Å². The fourth-order valence-electron chi connectivity index (χ4n) is 3.70. The highest BCUT2D eigenvalue weighted by atomic mass is 16.5. The van der Waals surface area contributed by atoms with Crippen molar-refractivity contribution in [3.05, 3.63) is 114 Å². The van der Waals surface area contributed by atoms with Crippen molar-refractivity contribution in [3.63, 3.8) is 0 Å². The molecule has 1 N–H and O–H groups in total. The van der Waals surface area contributed by atoms with Gasteiger partial charge in [0, 0.05) is 23.0 Å². The molecule has 36 heavy (non-hydrogen) atoms. The predicted octanol–water partition coefficient (Wildman–Crippen LogP) is 6.63. The van der Waals surface area contributed by atoms with Crippen LogP contribution < -0.4 is 10.1 Å². The van der Waals surface area contributed by atoms with E-state index >= 15 is 0 Å². The first-order valence-corrected chi connectivity index (χ1v) is 11.2. The minimum atomic E-state index is -0.293. The molecule has 0 radical (unpaired) electrons. The van der Waals surface area contributed by atoms with E-state index in [0.29, 0.717) is 39.8 Å². The smallest absolute Gasteiger partial charge is 0.256 e. The monoisotopic (exact) mass is 472 g/mol. The molecule has 0 fully saturated rings. The van der Waals surface area contributed by atoms with Crippen LogP contribution in [0.1, 0.15) is 21.5 Å². The Morgan fingerprint density at radius 1 is 0.972 bits per heavy atom. The number of ether oxygens (including phenoxy) is 1. The first-order valence-electron chi connectivity index (χ1n) is 11.2. The Kier molecular flexibility index (Phi) is 6.24. The van der Waals surface area contributed by atoms with Crippen LogP contribution in [0.25, 0.3) is 22.8 Å². The molecular weight excluding hydrogens is 452 g/mol. The molecule has 0 saturated carbocycles. The summed E-state index contributed by atoms with van der Waals surface area (Å²) < 4.78 is 11.7. The van der Waals surface area contributed by atoms with Crippen LogP contribution in [0.5, 0.6) is 11.6 Å². The molecule has 7 heteroatoms. The molecule has 3 aromatic carbocycles. The third kappa shape index (κ3) is 4.69. The number of hydrogen-bond acceptors (Lipinski definition) is 6.